The van der Waals surface area contributed by atoms with Crippen molar-refractivity contribution in [3.8, 4) is 0 Å². The van der Waals surface area contributed by atoms with Gasteiger partial charge < -0.3 is 15.7 Å². The predicted molar refractivity (Wildman–Crippen MR) is 66.4 cm³/mol. The Bertz CT molecular complexity index is 315. The lowest BCUT2D eigenvalue weighted by Gasteiger charge is -2.25. The zero-order valence-corrected chi connectivity index (χ0v) is 10.1. The minimum Gasteiger partial charge on any atom is -0.396 e. The Morgan fingerprint density at radius 3 is 2.88 bits per heavy atom. The summed E-state index contributed by atoms with van der Waals surface area (Å²) in [7, 11) is 0. The van der Waals surface area contributed by atoms with E-state index in [0.717, 1.165) is 30.9 Å². The normalized spacial score (nSPS) is 12.5. The van der Waals surface area contributed by atoms with Crippen LogP contribution in [0.15, 0.2) is 18.3 Å². The van der Waals surface area contributed by atoms with Crippen LogP contribution >= 0.6 is 0 Å². The van der Waals surface area contributed by atoms with Crippen molar-refractivity contribution in [2.24, 2.45) is 5.73 Å². The first-order valence-corrected chi connectivity index (χ1v) is 5.77. The van der Waals surface area contributed by atoms with E-state index in [2.05, 4.69) is 16.8 Å². The van der Waals surface area contributed by atoms with Crippen LogP contribution in [0.25, 0.3) is 0 Å². The van der Waals surface area contributed by atoms with Gasteiger partial charge in [-0.05, 0) is 26.3 Å². The number of rotatable bonds is 6. The molecule has 4 nitrogen and oxygen atoms in total. The summed E-state index contributed by atoms with van der Waals surface area (Å²) in [6.45, 7) is 5.93. The molecule has 0 saturated heterocycles. The molecule has 0 aliphatic heterocycles. The third-order valence-electron chi connectivity index (χ3n) is 2.57. The molecular weight excluding hydrogens is 202 g/mol. The van der Waals surface area contributed by atoms with Crippen molar-refractivity contribution in [3.05, 3.63) is 23.9 Å². The number of aliphatic hydroxyl groups excluding tert-OH is 1. The van der Waals surface area contributed by atoms with Gasteiger partial charge in [-0.25, -0.2) is 4.98 Å². The van der Waals surface area contributed by atoms with Gasteiger partial charge in [0.05, 0.1) is 0 Å². The molecular formula is C12H21N3O. The van der Waals surface area contributed by atoms with Crippen LogP contribution in [0.3, 0.4) is 0 Å². The Kier molecular flexibility index (Phi) is 5.22. The molecule has 1 heterocycles. The van der Waals surface area contributed by atoms with Gasteiger partial charge in [-0.15, -0.1) is 0 Å². The van der Waals surface area contributed by atoms with E-state index >= 15 is 0 Å². The summed E-state index contributed by atoms with van der Waals surface area (Å²) in [5.74, 6) is 0.938. The van der Waals surface area contributed by atoms with Gasteiger partial charge in [0.2, 0.25) is 0 Å². The number of hydrogen-bond donors (Lipinski definition) is 2. The van der Waals surface area contributed by atoms with Crippen molar-refractivity contribution in [1.82, 2.24) is 4.98 Å². The Morgan fingerprint density at radius 1 is 1.56 bits per heavy atom. The van der Waals surface area contributed by atoms with Gasteiger partial charge in [-0.1, -0.05) is 6.07 Å². The van der Waals surface area contributed by atoms with Crippen molar-refractivity contribution in [3.63, 3.8) is 0 Å². The average Bonchev–Trinajstić information content (AvgIpc) is 2.30. The van der Waals surface area contributed by atoms with Crippen LogP contribution < -0.4 is 10.6 Å². The SMILES string of the molecule is CCN(CCCO)c1ncccc1C(C)N. The van der Waals surface area contributed by atoms with Crippen LogP contribution in [-0.4, -0.2) is 29.8 Å². The molecule has 0 fully saturated rings. The second-order valence-corrected chi connectivity index (χ2v) is 3.86. The van der Waals surface area contributed by atoms with Crippen LogP contribution in [0.4, 0.5) is 5.82 Å². The largest absolute Gasteiger partial charge is 0.396 e. The number of anilines is 1. The molecule has 0 saturated carbocycles. The molecule has 0 aliphatic carbocycles. The first-order chi connectivity index (χ1) is 7.70. The topological polar surface area (TPSA) is 62.4 Å². The Labute approximate surface area is 97.1 Å². The van der Waals surface area contributed by atoms with Crippen molar-refractivity contribution >= 4 is 5.82 Å². The molecule has 90 valence electrons. The lowest BCUT2D eigenvalue weighted by atomic mass is 10.1. The fraction of sp³-hybridized carbons (Fsp3) is 0.583. The highest BCUT2D eigenvalue weighted by molar-refractivity contribution is 5.48. The summed E-state index contributed by atoms with van der Waals surface area (Å²) in [6.07, 6.45) is 2.53. The fourth-order valence-corrected chi connectivity index (χ4v) is 1.70. The molecule has 3 N–H and O–H groups in total. The van der Waals surface area contributed by atoms with Crippen molar-refractivity contribution in [2.45, 2.75) is 26.3 Å². The van der Waals surface area contributed by atoms with E-state index in [1.54, 1.807) is 6.20 Å². The molecule has 1 rings (SSSR count). The lowest BCUT2D eigenvalue weighted by Crippen LogP contribution is -2.27. The molecule has 0 spiro atoms. The second-order valence-electron chi connectivity index (χ2n) is 3.86. The van der Waals surface area contributed by atoms with Gasteiger partial charge >= 0.3 is 0 Å². The molecule has 1 aromatic heterocycles. The third kappa shape index (κ3) is 3.18. The van der Waals surface area contributed by atoms with Crippen LogP contribution in [0.5, 0.6) is 0 Å². The molecule has 0 aliphatic rings. The molecule has 0 radical (unpaired) electrons. The molecule has 1 aromatic rings. The van der Waals surface area contributed by atoms with Crippen LogP contribution in [0.2, 0.25) is 0 Å². The number of pyridine rings is 1. The Hall–Kier alpha value is -1.13. The number of aliphatic hydroxyl groups is 1. The maximum Gasteiger partial charge on any atom is 0.133 e. The van der Waals surface area contributed by atoms with E-state index in [9.17, 15) is 0 Å². The summed E-state index contributed by atoms with van der Waals surface area (Å²) in [6, 6.07) is 3.89. The Morgan fingerprint density at radius 2 is 2.31 bits per heavy atom. The van der Waals surface area contributed by atoms with E-state index < -0.39 is 0 Å². The maximum atomic E-state index is 8.86. The molecule has 1 unspecified atom stereocenters. The zero-order chi connectivity index (χ0) is 12.0. The van der Waals surface area contributed by atoms with Gasteiger partial charge in [-0.2, -0.15) is 0 Å². The number of aromatic nitrogens is 1. The smallest absolute Gasteiger partial charge is 0.133 e. The van der Waals surface area contributed by atoms with Gasteiger partial charge in [0.15, 0.2) is 0 Å². The first-order valence-electron chi connectivity index (χ1n) is 5.77. The molecule has 16 heavy (non-hydrogen) atoms. The highest BCUT2D eigenvalue weighted by atomic mass is 16.3. The summed E-state index contributed by atoms with van der Waals surface area (Å²) in [5.41, 5.74) is 6.98. The molecule has 1 atom stereocenters. The molecule has 0 bridgehead atoms. The zero-order valence-electron chi connectivity index (χ0n) is 10.1. The summed E-state index contributed by atoms with van der Waals surface area (Å²) in [5, 5.41) is 8.86. The fourth-order valence-electron chi connectivity index (χ4n) is 1.70. The summed E-state index contributed by atoms with van der Waals surface area (Å²) < 4.78 is 0. The van der Waals surface area contributed by atoms with Gasteiger partial charge in [0.25, 0.3) is 0 Å². The third-order valence-corrected chi connectivity index (χ3v) is 2.57. The highest BCUT2D eigenvalue weighted by Crippen LogP contribution is 2.22. The standard InChI is InChI=1S/C12H21N3O/c1-3-15(8-5-9-16)12-11(10(2)13)6-4-7-14-12/h4,6-7,10,16H,3,5,8-9,13H2,1-2H3. The van der Waals surface area contributed by atoms with E-state index in [1.165, 1.54) is 0 Å². The first kappa shape index (κ1) is 12.9. The lowest BCUT2D eigenvalue weighted by molar-refractivity contribution is 0.289. The van der Waals surface area contributed by atoms with Gasteiger partial charge in [-0.3, -0.25) is 0 Å². The summed E-state index contributed by atoms with van der Waals surface area (Å²) in [4.78, 5) is 6.54. The van der Waals surface area contributed by atoms with E-state index in [-0.39, 0.29) is 12.6 Å². The van der Waals surface area contributed by atoms with Crippen molar-refractivity contribution in [1.29, 1.82) is 0 Å². The molecule has 4 heteroatoms. The van der Waals surface area contributed by atoms with Crippen molar-refractivity contribution in [2.75, 3.05) is 24.6 Å². The van der Waals surface area contributed by atoms with Crippen LogP contribution in [0.1, 0.15) is 31.9 Å². The quantitative estimate of drug-likeness (QED) is 0.763. The monoisotopic (exact) mass is 223 g/mol. The van der Waals surface area contributed by atoms with Crippen LogP contribution in [-0.2, 0) is 0 Å². The average molecular weight is 223 g/mol. The van der Waals surface area contributed by atoms with E-state index in [1.807, 2.05) is 19.1 Å². The van der Waals surface area contributed by atoms with Crippen molar-refractivity contribution < 1.29 is 5.11 Å². The maximum absolute atomic E-state index is 8.86. The number of nitrogens with two attached hydrogens (primary N) is 1. The minimum absolute atomic E-state index is 0.0214. The highest BCUT2D eigenvalue weighted by Gasteiger charge is 2.12. The molecule has 0 amide bonds. The Balaban J connectivity index is 2.90. The van der Waals surface area contributed by atoms with Gasteiger partial charge in [0, 0.05) is 37.5 Å². The number of nitrogens with zero attached hydrogens (tertiary/aromatic N) is 2. The second kappa shape index (κ2) is 6.45. The van der Waals surface area contributed by atoms with E-state index in [4.69, 9.17) is 10.8 Å². The summed E-state index contributed by atoms with van der Waals surface area (Å²) >= 11 is 0. The van der Waals surface area contributed by atoms with E-state index in [0.29, 0.717) is 0 Å². The number of hydrogen-bond acceptors (Lipinski definition) is 4. The minimum atomic E-state index is -0.0214. The van der Waals surface area contributed by atoms with Gasteiger partial charge in [0.1, 0.15) is 5.82 Å². The molecule has 0 aromatic carbocycles. The van der Waals surface area contributed by atoms with Crippen LogP contribution in [0, 0.1) is 0 Å². The predicted octanol–water partition coefficient (Wildman–Crippen LogP) is 1.31.